The standard InChI is InChI=1S/C26H34N6O4/c1-17(2)35-22-12-23-29-20(18-7-10-31(11-8-18)15-24(33)36-26(3,4)5)13-32(23)14-21(22)30-25(34)19-6-9-27-16-28-19/h6,9,12-14,16-18H,7-8,10-11,15H2,1-5H3,(H,30,34). The molecule has 4 rings (SSSR count). The molecule has 0 aliphatic carbocycles. The van der Waals surface area contributed by atoms with Crippen LogP contribution in [-0.2, 0) is 9.53 Å². The van der Waals surface area contributed by atoms with E-state index in [2.05, 4.69) is 20.2 Å². The third-order valence-electron chi connectivity index (χ3n) is 5.78. The second kappa shape index (κ2) is 10.6. The van der Waals surface area contributed by atoms with Crippen molar-refractivity contribution >= 4 is 23.2 Å². The first-order valence-corrected chi connectivity index (χ1v) is 12.3. The molecule has 10 nitrogen and oxygen atoms in total. The van der Waals surface area contributed by atoms with E-state index in [9.17, 15) is 9.59 Å². The summed E-state index contributed by atoms with van der Waals surface area (Å²) < 4.78 is 13.3. The van der Waals surface area contributed by atoms with E-state index in [0.29, 0.717) is 18.0 Å². The van der Waals surface area contributed by atoms with Crippen molar-refractivity contribution in [3.63, 3.8) is 0 Å². The number of hydrogen-bond acceptors (Lipinski definition) is 8. The Labute approximate surface area is 211 Å². The first kappa shape index (κ1) is 25.6. The topological polar surface area (TPSA) is 111 Å². The van der Waals surface area contributed by atoms with E-state index in [0.717, 1.165) is 37.3 Å². The zero-order valence-electron chi connectivity index (χ0n) is 21.5. The van der Waals surface area contributed by atoms with Gasteiger partial charge in [-0.25, -0.2) is 15.0 Å². The highest BCUT2D eigenvalue weighted by Crippen LogP contribution is 2.32. The quantitative estimate of drug-likeness (QED) is 0.495. The predicted molar refractivity (Wildman–Crippen MR) is 135 cm³/mol. The van der Waals surface area contributed by atoms with Gasteiger partial charge in [-0.05, 0) is 66.6 Å². The number of nitrogens with one attached hydrogen (secondary N) is 1. The van der Waals surface area contributed by atoms with Gasteiger partial charge in [0.25, 0.3) is 5.91 Å². The molecule has 3 aromatic rings. The van der Waals surface area contributed by atoms with Crippen LogP contribution in [0.2, 0.25) is 0 Å². The zero-order chi connectivity index (χ0) is 25.9. The molecule has 36 heavy (non-hydrogen) atoms. The van der Waals surface area contributed by atoms with Gasteiger partial charge in [-0.2, -0.15) is 0 Å². The highest BCUT2D eigenvalue weighted by molar-refractivity contribution is 6.03. The fraction of sp³-hybridized carbons (Fsp3) is 0.500. The number of ether oxygens (including phenoxy) is 2. The fourth-order valence-electron chi connectivity index (χ4n) is 4.23. The molecule has 10 heteroatoms. The average molecular weight is 495 g/mol. The normalized spacial score (nSPS) is 15.3. The number of anilines is 1. The number of fused-ring (bicyclic) bond motifs is 1. The van der Waals surface area contributed by atoms with Crippen LogP contribution in [-0.4, -0.2) is 67.5 Å². The Hall–Kier alpha value is -3.53. The number of aromatic nitrogens is 4. The van der Waals surface area contributed by atoms with E-state index in [1.54, 1.807) is 6.07 Å². The molecule has 0 saturated carbocycles. The summed E-state index contributed by atoms with van der Waals surface area (Å²) in [5.74, 6) is 0.295. The molecular weight excluding hydrogens is 460 g/mol. The Morgan fingerprint density at radius 3 is 2.58 bits per heavy atom. The second-order valence-electron chi connectivity index (χ2n) is 10.3. The molecule has 1 saturated heterocycles. The summed E-state index contributed by atoms with van der Waals surface area (Å²) in [5.41, 5.74) is 2.07. The number of esters is 1. The van der Waals surface area contributed by atoms with Crippen LogP contribution in [0.15, 0.2) is 37.1 Å². The Kier molecular flexibility index (Phi) is 7.53. The molecule has 1 aliphatic rings. The molecule has 1 aliphatic heterocycles. The van der Waals surface area contributed by atoms with E-state index >= 15 is 0 Å². The van der Waals surface area contributed by atoms with Crippen LogP contribution in [0.4, 0.5) is 5.69 Å². The number of rotatable bonds is 7. The lowest BCUT2D eigenvalue weighted by Crippen LogP contribution is -2.39. The maximum atomic E-state index is 12.7. The average Bonchev–Trinajstić information content (AvgIpc) is 3.21. The number of amides is 1. The molecule has 0 bridgehead atoms. The smallest absolute Gasteiger partial charge is 0.320 e. The first-order chi connectivity index (χ1) is 17.1. The molecule has 0 spiro atoms. The fourth-order valence-corrected chi connectivity index (χ4v) is 4.23. The van der Waals surface area contributed by atoms with Crippen LogP contribution in [0, 0.1) is 0 Å². The number of pyridine rings is 1. The molecule has 3 aromatic heterocycles. The van der Waals surface area contributed by atoms with Gasteiger partial charge >= 0.3 is 5.97 Å². The lowest BCUT2D eigenvalue weighted by molar-refractivity contribution is -0.156. The van der Waals surface area contributed by atoms with Crippen molar-refractivity contribution in [2.24, 2.45) is 0 Å². The van der Waals surface area contributed by atoms with Crippen molar-refractivity contribution in [2.45, 2.75) is 65.1 Å². The molecule has 0 aromatic carbocycles. The zero-order valence-corrected chi connectivity index (χ0v) is 21.5. The second-order valence-corrected chi connectivity index (χ2v) is 10.3. The monoisotopic (exact) mass is 494 g/mol. The Balaban J connectivity index is 1.48. The van der Waals surface area contributed by atoms with Gasteiger partial charge in [0.05, 0.1) is 18.3 Å². The molecule has 192 valence electrons. The Morgan fingerprint density at radius 2 is 1.94 bits per heavy atom. The summed E-state index contributed by atoms with van der Waals surface area (Å²) in [6, 6.07) is 3.40. The summed E-state index contributed by atoms with van der Waals surface area (Å²) in [6.45, 7) is 11.4. The van der Waals surface area contributed by atoms with Crippen molar-refractivity contribution in [1.82, 2.24) is 24.3 Å². The third kappa shape index (κ3) is 6.57. The molecule has 1 N–H and O–H groups in total. The lowest BCUT2D eigenvalue weighted by atomic mass is 9.94. The van der Waals surface area contributed by atoms with E-state index in [1.807, 2.05) is 57.5 Å². The van der Waals surface area contributed by atoms with Gasteiger partial charge in [-0.1, -0.05) is 0 Å². The van der Waals surface area contributed by atoms with E-state index in [1.165, 1.54) is 12.5 Å². The minimum atomic E-state index is -0.475. The molecule has 0 radical (unpaired) electrons. The Morgan fingerprint density at radius 1 is 1.19 bits per heavy atom. The van der Waals surface area contributed by atoms with Crippen molar-refractivity contribution < 1.29 is 19.1 Å². The summed E-state index contributed by atoms with van der Waals surface area (Å²) in [7, 11) is 0. The van der Waals surface area contributed by atoms with Crippen LogP contribution >= 0.6 is 0 Å². The molecule has 1 fully saturated rings. The number of nitrogens with zero attached hydrogens (tertiary/aromatic N) is 5. The van der Waals surface area contributed by atoms with Crippen LogP contribution in [0.3, 0.4) is 0 Å². The molecule has 0 atom stereocenters. The summed E-state index contributed by atoms with van der Waals surface area (Å²) in [5, 5.41) is 2.90. The van der Waals surface area contributed by atoms with Gasteiger partial charge in [0.15, 0.2) is 0 Å². The number of carbonyl (C=O) groups excluding carboxylic acids is 2. The summed E-state index contributed by atoms with van der Waals surface area (Å²) in [4.78, 5) is 39.7. The highest BCUT2D eigenvalue weighted by Gasteiger charge is 2.26. The van der Waals surface area contributed by atoms with Gasteiger partial charge in [0.1, 0.15) is 34.7 Å². The molecule has 4 heterocycles. The minimum absolute atomic E-state index is 0.0779. The number of hydrogen-bond donors (Lipinski definition) is 1. The largest absolute Gasteiger partial charge is 0.489 e. The highest BCUT2D eigenvalue weighted by atomic mass is 16.6. The van der Waals surface area contributed by atoms with E-state index in [-0.39, 0.29) is 29.6 Å². The van der Waals surface area contributed by atoms with Crippen LogP contribution in [0.25, 0.3) is 5.65 Å². The van der Waals surface area contributed by atoms with Crippen LogP contribution in [0.1, 0.15) is 69.6 Å². The molecule has 0 unspecified atom stereocenters. The number of carbonyl (C=O) groups is 2. The number of likely N-dealkylation sites (tertiary alicyclic amines) is 1. The predicted octanol–water partition coefficient (Wildman–Crippen LogP) is 3.68. The van der Waals surface area contributed by atoms with Gasteiger partial charge < -0.3 is 19.2 Å². The van der Waals surface area contributed by atoms with Gasteiger partial charge in [0.2, 0.25) is 0 Å². The summed E-state index contributed by atoms with van der Waals surface area (Å²) >= 11 is 0. The summed E-state index contributed by atoms with van der Waals surface area (Å²) in [6.07, 6.45) is 8.41. The van der Waals surface area contributed by atoms with Crippen molar-refractivity contribution in [3.05, 3.63) is 48.4 Å². The van der Waals surface area contributed by atoms with E-state index in [4.69, 9.17) is 14.5 Å². The maximum Gasteiger partial charge on any atom is 0.320 e. The third-order valence-corrected chi connectivity index (χ3v) is 5.78. The molecule has 1 amide bonds. The van der Waals surface area contributed by atoms with Crippen LogP contribution < -0.4 is 10.1 Å². The number of imidazole rings is 1. The lowest BCUT2D eigenvalue weighted by Gasteiger charge is -2.31. The minimum Gasteiger partial charge on any atom is -0.489 e. The first-order valence-electron chi connectivity index (χ1n) is 12.3. The van der Waals surface area contributed by atoms with E-state index < -0.39 is 5.60 Å². The van der Waals surface area contributed by atoms with Crippen LogP contribution in [0.5, 0.6) is 5.75 Å². The maximum absolute atomic E-state index is 12.7. The Bertz CT molecular complexity index is 1210. The van der Waals surface area contributed by atoms with Crippen molar-refractivity contribution in [1.29, 1.82) is 0 Å². The van der Waals surface area contributed by atoms with Crippen molar-refractivity contribution in [2.75, 3.05) is 25.0 Å². The SMILES string of the molecule is CC(C)Oc1cc2nc(C3CCN(CC(=O)OC(C)(C)C)CC3)cn2cc1NC(=O)c1ccncn1. The van der Waals surface area contributed by atoms with Gasteiger partial charge in [-0.15, -0.1) is 0 Å². The van der Waals surface area contributed by atoms with Gasteiger partial charge in [0, 0.05) is 30.6 Å². The van der Waals surface area contributed by atoms with Gasteiger partial charge in [-0.3, -0.25) is 14.5 Å². The van der Waals surface area contributed by atoms with Crippen molar-refractivity contribution in [3.8, 4) is 5.75 Å². The molecular formula is C26H34N6O4. The number of piperidine rings is 1.